The summed E-state index contributed by atoms with van der Waals surface area (Å²) < 4.78 is 0. The van der Waals surface area contributed by atoms with Gasteiger partial charge in [0.05, 0.1) is 0 Å². The van der Waals surface area contributed by atoms with Crippen LogP contribution < -0.4 is 5.32 Å². The summed E-state index contributed by atoms with van der Waals surface area (Å²) in [5.74, 6) is 0.568. The normalized spacial score (nSPS) is 14.5. The van der Waals surface area contributed by atoms with Crippen molar-refractivity contribution in [3.63, 3.8) is 0 Å². The van der Waals surface area contributed by atoms with Crippen LogP contribution in [0.15, 0.2) is 30.3 Å². The molecule has 1 aromatic rings. The second-order valence-corrected chi connectivity index (χ2v) is 4.31. The second-order valence-electron chi connectivity index (χ2n) is 4.31. The molecule has 0 aliphatic rings. The van der Waals surface area contributed by atoms with Crippen LogP contribution in [0.1, 0.15) is 39.2 Å². The van der Waals surface area contributed by atoms with E-state index in [4.69, 9.17) is 0 Å². The fraction of sp³-hybridized carbons (Fsp3) is 0.538. The molecular weight excluding hydrogens is 206 g/mol. The van der Waals surface area contributed by atoms with Gasteiger partial charge in [-0.2, -0.15) is 0 Å². The topological polar surface area (TPSA) is 12.0 Å². The van der Waals surface area contributed by atoms with Crippen molar-refractivity contribution in [1.29, 1.82) is 0 Å². The largest absolute Gasteiger partial charge is 0.311 e. The van der Waals surface area contributed by atoms with Crippen molar-refractivity contribution in [2.45, 2.75) is 45.7 Å². The van der Waals surface area contributed by atoms with E-state index in [9.17, 15) is 0 Å². The Labute approximate surface area is 99.7 Å². The van der Waals surface area contributed by atoms with Crippen LogP contribution in [-0.4, -0.2) is 12.1 Å². The Bertz CT molecular complexity index is 258. The first kappa shape index (κ1) is 14.5. The first-order valence-corrected chi connectivity index (χ1v) is 5.42. The molecule has 0 bridgehead atoms. The highest BCUT2D eigenvalue weighted by atomic mass is 35.5. The quantitative estimate of drug-likeness (QED) is 0.829. The molecule has 0 heterocycles. The predicted octanol–water partition coefficient (Wildman–Crippen LogP) is 3.60. The summed E-state index contributed by atoms with van der Waals surface area (Å²) in [6, 6.07) is 11.7. The van der Waals surface area contributed by atoms with Gasteiger partial charge in [0.1, 0.15) is 0 Å². The fourth-order valence-electron chi connectivity index (χ4n) is 1.72. The number of hydrogen-bond acceptors (Lipinski definition) is 1. The van der Waals surface area contributed by atoms with E-state index in [-0.39, 0.29) is 12.4 Å². The van der Waals surface area contributed by atoms with Gasteiger partial charge in [0.15, 0.2) is 0 Å². The van der Waals surface area contributed by atoms with Crippen LogP contribution in [0.5, 0.6) is 0 Å². The molecular formula is C13H22ClN. The van der Waals surface area contributed by atoms with Crippen LogP contribution in [0, 0.1) is 0 Å². The van der Waals surface area contributed by atoms with Crippen LogP contribution in [0.4, 0.5) is 0 Å². The molecule has 0 fully saturated rings. The maximum Gasteiger partial charge on any atom is 0.0107 e. The molecule has 0 aliphatic carbocycles. The lowest BCUT2D eigenvalue weighted by Crippen LogP contribution is -2.35. The van der Waals surface area contributed by atoms with E-state index < -0.39 is 0 Å². The maximum absolute atomic E-state index is 3.54. The summed E-state index contributed by atoms with van der Waals surface area (Å²) in [5, 5.41) is 3.54. The molecule has 2 heteroatoms. The smallest absolute Gasteiger partial charge is 0.0107 e. The lowest BCUT2D eigenvalue weighted by molar-refractivity contribution is 0.439. The van der Waals surface area contributed by atoms with E-state index in [1.807, 2.05) is 0 Å². The molecule has 1 N–H and O–H groups in total. The third kappa shape index (κ3) is 4.67. The van der Waals surface area contributed by atoms with Crippen molar-refractivity contribution in [1.82, 2.24) is 5.32 Å². The van der Waals surface area contributed by atoms with Gasteiger partial charge < -0.3 is 5.32 Å². The molecule has 0 aromatic heterocycles. The lowest BCUT2D eigenvalue weighted by atomic mass is 9.94. The summed E-state index contributed by atoms with van der Waals surface area (Å²) in [4.78, 5) is 0. The van der Waals surface area contributed by atoms with Crippen molar-refractivity contribution in [2.75, 3.05) is 0 Å². The molecule has 2 atom stereocenters. The summed E-state index contributed by atoms with van der Waals surface area (Å²) in [6.45, 7) is 8.90. The van der Waals surface area contributed by atoms with Crippen LogP contribution >= 0.6 is 12.4 Å². The standard InChI is InChI=1S/C13H21N.ClH/c1-10(2)14-12(4)11(3)13-8-6-5-7-9-13;/h5-12,14H,1-4H3;1H/t11-,12+;/m0./s1. The molecule has 1 nitrogen and oxygen atoms in total. The number of hydrogen-bond donors (Lipinski definition) is 1. The molecule has 15 heavy (non-hydrogen) atoms. The fourth-order valence-corrected chi connectivity index (χ4v) is 1.72. The first-order chi connectivity index (χ1) is 6.61. The average Bonchev–Trinajstić information content (AvgIpc) is 2.17. The van der Waals surface area contributed by atoms with E-state index in [2.05, 4.69) is 63.3 Å². The highest BCUT2D eigenvalue weighted by molar-refractivity contribution is 5.85. The molecule has 0 saturated carbocycles. The zero-order valence-electron chi connectivity index (χ0n) is 10.0. The van der Waals surface area contributed by atoms with Crippen molar-refractivity contribution >= 4 is 12.4 Å². The number of benzene rings is 1. The van der Waals surface area contributed by atoms with Gasteiger partial charge >= 0.3 is 0 Å². The molecule has 0 radical (unpaired) electrons. The highest BCUT2D eigenvalue weighted by Gasteiger charge is 2.13. The average molecular weight is 228 g/mol. The summed E-state index contributed by atoms with van der Waals surface area (Å²) >= 11 is 0. The number of rotatable bonds is 4. The van der Waals surface area contributed by atoms with Crippen molar-refractivity contribution in [2.24, 2.45) is 0 Å². The highest BCUT2D eigenvalue weighted by Crippen LogP contribution is 2.18. The molecule has 86 valence electrons. The predicted molar refractivity (Wildman–Crippen MR) is 69.8 cm³/mol. The maximum atomic E-state index is 3.54. The molecule has 0 unspecified atom stereocenters. The summed E-state index contributed by atoms with van der Waals surface area (Å²) in [6.07, 6.45) is 0. The van der Waals surface area contributed by atoms with Crippen molar-refractivity contribution in [3.8, 4) is 0 Å². The third-order valence-electron chi connectivity index (χ3n) is 2.67. The van der Waals surface area contributed by atoms with E-state index in [1.54, 1.807) is 0 Å². The first-order valence-electron chi connectivity index (χ1n) is 5.42. The van der Waals surface area contributed by atoms with Gasteiger partial charge in [0.2, 0.25) is 0 Å². The Hall–Kier alpha value is -0.530. The van der Waals surface area contributed by atoms with E-state index in [1.165, 1.54) is 5.56 Å². The molecule has 0 amide bonds. The van der Waals surface area contributed by atoms with Gasteiger partial charge in [0, 0.05) is 12.1 Å². The van der Waals surface area contributed by atoms with Crippen LogP contribution in [-0.2, 0) is 0 Å². The van der Waals surface area contributed by atoms with E-state index >= 15 is 0 Å². The van der Waals surface area contributed by atoms with Gasteiger partial charge in [-0.15, -0.1) is 12.4 Å². The third-order valence-corrected chi connectivity index (χ3v) is 2.67. The monoisotopic (exact) mass is 227 g/mol. The molecule has 1 rings (SSSR count). The molecule has 1 aromatic carbocycles. The SMILES string of the molecule is CC(C)N[C@H](C)[C@H](C)c1ccccc1.Cl. The van der Waals surface area contributed by atoms with Crippen molar-refractivity contribution < 1.29 is 0 Å². The zero-order valence-corrected chi connectivity index (χ0v) is 10.8. The molecule has 0 spiro atoms. The minimum absolute atomic E-state index is 0. The Morgan fingerprint density at radius 2 is 1.47 bits per heavy atom. The van der Waals surface area contributed by atoms with Gasteiger partial charge in [-0.05, 0) is 18.4 Å². The van der Waals surface area contributed by atoms with Gasteiger partial charge in [-0.3, -0.25) is 0 Å². The summed E-state index contributed by atoms with van der Waals surface area (Å²) in [7, 11) is 0. The second kappa shape index (κ2) is 6.86. The van der Waals surface area contributed by atoms with Crippen LogP contribution in [0.25, 0.3) is 0 Å². The molecule has 0 saturated heterocycles. The zero-order chi connectivity index (χ0) is 10.6. The molecule has 0 aliphatic heterocycles. The number of halogens is 1. The van der Waals surface area contributed by atoms with Crippen LogP contribution in [0.3, 0.4) is 0 Å². The minimum atomic E-state index is 0. The van der Waals surface area contributed by atoms with Crippen LogP contribution in [0.2, 0.25) is 0 Å². The Morgan fingerprint density at radius 1 is 0.933 bits per heavy atom. The Morgan fingerprint density at radius 3 is 1.93 bits per heavy atom. The number of nitrogens with one attached hydrogen (secondary N) is 1. The van der Waals surface area contributed by atoms with E-state index in [0.29, 0.717) is 18.0 Å². The van der Waals surface area contributed by atoms with Crippen molar-refractivity contribution in [3.05, 3.63) is 35.9 Å². The van der Waals surface area contributed by atoms with Gasteiger partial charge in [-0.25, -0.2) is 0 Å². The summed E-state index contributed by atoms with van der Waals surface area (Å²) in [5.41, 5.74) is 1.41. The van der Waals surface area contributed by atoms with E-state index in [0.717, 1.165) is 0 Å². The Kier molecular flexibility index (Phi) is 6.62. The Balaban J connectivity index is 0.00000196. The van der Waals surface area contributed by atoms with Gasteiger partial charge in [-0.1, -0.05) is 51.1 Å². The minimum Gasteiger partial charge on any atom is -0.311 e. The van der Waals surface area contributed by atoms with Gasteiger partial charge in [0.25, 0.3) is 0 Å². The lowest BCUT2D eigenvalue weighted by Gasteiger charge is -2.23.